The topological polar surface area (TPSA) is 64.4 Å². The highest BCUT2D eigenvalue weighted by atomic mass is 35.5. The molecule has 0 bridgehead atoms. The second-order valence-electron chi connectivity index (χ2n) is 6.27. The third-order valence-electron chi connectivity index (χ3n) is 4.11. The minimum absolute atomic E-state index is 0.0681. The van der Waals surface area contributed by atoms with Crippen molar-refractivity contribution in [3.8, 4) is 11.3 Å². The minimum atomic E-state index is -0.0681. The Morgan fingerprint density at radius 2 is 2.00 bits per heavy atom. The van der Waals surface area contributed by atoms with Crippen molar-refractivity contribution in [3.05, 3.63) is 75.7 Å². The van der Waals surface area contributed by atoms with Crippen molar-refractivity contribution in [2.24, 2.45) is 0 Å². The van der Waals surface area contributed by atoms with Gasteiger partial charge in [-0.25, -0.2) is 4.98 Å². The maximum absolute atomic E-state index is 12.1. The first-order valence-corrected chi connectivity index (χ1v) is 9.54. The van der Waals surface area contributed by atoms with Gasteiger partial charge in [0.1, 0.15) is 0 Å². The van der Waals surface area contributed by atoms with E-state index in [1.165, 1.54) is 0 Å². The molecule has 3 aromatic rings. The Kier molecular flexibility index (Phi) is 7.09. The SMILES string of the molecule is COCc1cccc(CNC(=O)CCc2ncc(-c3ccc(Cl)cc3Cl)o2)c1. The van der Waals surface area contributed by atoms with Crippen molar-refractivity contribution in [2.75, 3.05) is 7.11 Å². The Morgan fingerprint density at radius 1 is 1.18 bits per heavy atom. The molecule has 1 heterocycles. The van der Waals surface area contributed by atoms with Crippen molar-refractivity contribution in [1.29, 1.82) is 0 Å². The lowest BCUT2D eigenvalue weighted by Crippen LogP contribution is -2.23. The lowest BCUT2D eigenvalue weighted by Gasteiger charge is -2.07. The average Bonchev–Trinajstić information content (AvgIpc) is 3.14. The quantitative estimate of drug-likeness (QED) is 0.556. The molecule has 0 fully saturated rings. The van der Waals surface area contributed by atoms with Gasteiger partial charge in [0, 0.05) is 37.1 Å². The Morgan fingerprint density at radius 3 is 2.79 bits per heavy atom. The molecule has 0 spiro atoms. The number of benzene rings is 2. The van der Waals surface area contributed by atoms with E-state index in [4.69, 9.17) is 32.4 Å². The first-order valence-electron chi connectivity index (χ1n) is 8.78. The highest BCUT2D eigenvalue weighted by Gasteiger charge is 2.12. The summed E-state index contributed by atoms with van der Waals surface area (Å²) in [4.78, 5) is 16.4. The maximum atomic E-state index is 12.1. The molecular formula is C21H20Cl2N2O3. The fraction of sp³-hybridized carbons (Fsp3) is 0.238. The largest absolute Gasteiger partial charge is 0.441 e. The molecule has 2 aromatic carbocycles. The van der Waals surface area contributed by atoms with E-state index in [9.17, 15) is 4.79 Å². The fourth-order valence-electron chi connectivity index (χ4n) is 2.75. The van der Waals surface area contributed by atoms with Gasteiger partial charge in [-0.05, 0) is 29.3 Å². The molecule has 1 amide bonds. The molecule has 7 heteroatoms. The number of carbonyl (C=O) groups is 1. The van der Waals surface area contributed by atoms with Crippen LogP contribution in [0.15, 0.2) is 53.1 Å². The molecule has 3 rings (SSSR count). The first-order chi connectivity index (χ1) is 13.5. The van der Waals surface area contributed by atoms with Gasteiger partial charge in [-0.2, -0.15) is 0 Å². The van der Waals surface area contributed by atoms with Crippen molar-refractivity contribution >= 4 is 29.1 Å². The molecule has 28 heavy (non-hydrogen) atoms. The van der Waals surface area contributed by atoms with E-state index >= 15 is 0 Å². The van der Waals surface area contributed by atoms with Crippen molar-refractivity contribution in [3.63, 3.8) is 0 Å². The van der Waals surface area contributed by atoms with E-state index in [0.717, 1.165) is 11.1 Å². The molecule has 146 valence electrons. The molecular weight excluding hydrogens is 399 g/mol. The van der Waals surface area contributed by atoms with Crippen LogP contribution in [0.5, 0.6) is 0 Å². The number of halogens is 2. The smallest absolute Gasteiger partial charge is 0.220 e. The van der Waals surface area contributed by atoms with Crippen molar-refractivity contribution in [2.45, 2.75) is 26.0 Å². The second kappa shape index (κ2) is 9.73. The monoisotopic (exact) mass is 418 g/mol. The standard InChI is InChI=1S/C21H20Cl2N2O3/c1-27-13-15-4-2-3-14(9-15)11-24-20(26)7-8-21-25-12-19(28-21)17-6-5-16(22)10-18(17)23/h2-6,9-10,12H,7-8,11,13H2,1H3,(H,24,26). The highest BCUT2D eigenvalue weighted by Crippen LogP contribution is 2.30. The van der Waals surface area contributed by atoms with Gasteiger partial charge >= 0.3 is 0 Å². The Bertz CT molecular complexity index is 956. The van der Waals surface area contributed by atoms with E-state index < -0.39 is 0 Å². The number of aromatic nitrogens is 1. The normalized spacial score (nSPS) is 10.8. The Hall–Kier alpha value is -2.34. The third kappa shape index (κ3) is 5.58. The van der Waals surface area contributed by atoms with Gasteiger partial charge in [-0.1, -0.05) is 47.5 Å². The molecule has 5 nitrogen and oxygen atoms in total. The zero-order chi connectivity index (χ0) is 19.9. The number of nitrogens with one attached hydrogen (secondary N) is 1. The van der Waals surface area contributed by atoms with Gasteiger partial charge in [0.05, 0.1) is 17.8 Å². The molecule has 0 aliphatic carbocycles. The van der Waals surface area contributed by atoms with E-state index in [0.29, 0.717) is 46.8 Å². The minimum Gasteiger partial charge on any atom is -0.441 e. The number of hydrogen-bond acceptors (Lipinski definition) is 4. The second-order valence-corrected chi connectivity index (χ2v) is 7.12. The summed E-state index contributed by atoms with van der Waals surface area (Å²) in [6.07, 6.45) is 2.29. The molecule has 0 saturated carbocycles. The summed E-state index contributed by atoms with van der Waals surface area (Å²) in [5.74, 6) is 0.965. The Balaban J connectivity index is 1.51. The summed E-state index contributed by atoms with van der Waals surface area (Å²) in [7, 11) is 1.66. The van der Waals surface area contributed by atoms with Crippen LogP contribution in [0.25, 0.3) is 11.3 Å². The van der Waals surface area contributed by atoms with Gasteiger partial charge < -0.3 is 14.5 Å². The fourth-order valence-corrected chi connectivity index (χ4v) is 3.25. The molecule has 1 aromatic heterocycles. The van der Waals surface area contributed by atoms with Gasteiger partial charge in [-0.15, -0.1) is 0 Å². The van der Waals surface area contributed by atoms with E-state index in [1.54, 1.807) is 31.5 Å². The number of nitrogens with zero attached hydrogens (tertiary/aromatic N) is 1. The molecule has 0 saturated heterocycles. The molecule has 1 N–H and O–H groups in total. The number of oxazole rings is 1. The maximum Gasteiger partial charge on any atom is 0.220 e. The number of ether oxygens (including phenoxy) is 1. The number of methoxy groups -OCH3 is 1. The van der Waals surface area contributed by atoms with Crippen LogP contribution < -0.4 is 5.32 Å². The van der Waals surface area contributed by atoms with Crippen molar-refractivity contribution in [1.82, 2.24) is 10.3 Å². The van der Waals surface area contributed by atoms with E-state index in [-0.39, 0.29) is 12.3 Å². The number of aryl methyl sites for hydroxylation is 1. The number of rotatable bonds is 8. The average molecular weight is 419 g/mol. The van der Waals surface area contributed by atoms with Crippen LogP contribution in [0.2, 0.25) is 10.0 Å². The predicted octanol–water partition coefficient (Wildman–Crippen LogP) is 5.04. The lowest BCUT2D eigenvalue weighted by atomic mass is 10.1. The van der Waals surface area contributed by atoms with Gasteiger partial charge in [-0.3, -0.25) is 4.79 Å². The van der Waals surface area contributed by atoms with E-state index in [2.05, 4.69) is 10.3 Å². The summed E-state index contributed by atoms with van der Waals surface area (Å²) in [5.41, 5.74) is 2.81. The predicted molar refractivity (Wildman–Crippen MR) is 109 cm³/mol. The lowest BCUT2D eigenvalue weighted by molar-refractivity contribution is -0.121. The summed E-state index contributed by atoms with van der Waals surface area (Å²) in [5, 5.41) is 3.95. The summed E-state index contributed by atoms with van der Waals surface area (Å²) in [6, 6.07) is 13.1. The van der Waals surface area contributed by atoms with E-state index in [1.807, 2.05) is 24.3 Å². The van der Waals surface area contributed by atoms with Gasteiger partial charge in [0.2, 0.25) is 5.91 Å². The zero-order valence-electron chi connectivity index (χ0n) is 15.4. The first kappa shape index (κ1) is 20.4. The molecule has 0 aliphatic heterocycles. The van der Waals surface area contributed by atoms with Crippen LogP contribution in [0.1, 0.15) is 23.4 Å². The summed E-state index contributed by atoms with van der Waals surface area (Å²) >= 11 is 12.1. The van der Waals surface area contributed by atoms with Crippen LogP contribution >= 0.6 is 23.2 Å². The molecule has 0 radical (unpaired) electrons. The van der Waals surface area contributed by atoms with Crippen LogP contribution in [-0.4, -0.2) is 18.0 Å². The summed E-state index contributed by atoms with van der Waals surface area (Å²) in [6.45, 7) is 1.01. The van der Waals surface area contributed by atoms with Crippen LogP contribution in [0, 0.1) is 0 Å². The molecule has 0 aliphatic rings. The molecule has 0 unspecified atom stereocenters. The number of carbonyl (C=O) groups excluding carboxylic acids is 1. The van der Waals surface area contributed by atoms with Crippen LogP contribution in [-0.2, 0) is 29.1 Å². The molecule has 0 atom stereocenters. The Labute approximate surface area is 173 Å². The van der Waals surface area contributed by atoms with Crippen LogP contribution in [0.4, 0.5) is 0 Å². The number of hydrogen-bond donors (Lipinski definition) is 1. The van der Waals surface area contributed by atoms with Crippen molar-refractivity contribution < 1.29 is 13.9 Å². The number of amides is 1. The highest BCUT2D eigenvalue weighted by molar-refractivity contribution is 6.36. The van der Waals surface area contributed by atoms with Crippen LogP contribution in [0.3, 0.4) is 0 Å². The zero-order valence-corrected chi connectivity index (χ0v) is 16.9. The van der Waals surface area contributed by atoms with Gasteiger partial charge in [0.25, 0.3) is 0 Å². The van der Waals surface area contributed by atoms with Gasteiger partial charge in [0.15, 0.2) is 11.7 Å². The third-order valence-corrected chi connectivity index (χ3v) is 4.66. The summed E-state index contributed by atoms with van der Waals surface area (Å²) < 4.78 is 10.8.